The van der Waals surface area contributed by atoms with Crippen molar-refractivity contribution in [2.24, 2.45) is 0 Å². The molecule has 5 nitrogen and oxygen atoms in total. The van der Waals surface area contributed by atoms with Crippen molar-refractivity contribution in [2.45, 2.75) is 19.9 Å². The van der Waals surface area contributed by atoms with Crippen LogP contribution in [0.15, 0.2) is 36.5 Å². The van der Waals surface area contributed by atoms with E-state index in [9.17, 15) is 4.79 Å². The molecule has 0 aliphatic heterocycles. The number of aromatic carboxylic acids is 1. The fourth-order valence-corrected chi connectivity index (χ4v) is 1.68. The maximum absolute atomic E-state index is 11.2. The maximum atomic E-state index is 11.2. The second kappa shape index (κ2) is 4.91. The molecule has 2 N–H and O–H groups in total. The molecule has 1 heterocycles. The summed E-state index contributed by atoms with van der Waals surface area (Å²) in [5.74, 6) is -0.482. The Morgan fingerprint density at radius 3 is 2.56 bits per heavy atom. The Balaban J connectivity index is 2.51. The highest BCUT2D eigenvalue weighted by atomic mass is 16.4. The van der Waals surface area contributed by atoms with E-state index in [0.717, 1.165) is 5.69 Å². The number of carbonyl (C=O) groups is 1. The lowest BCUT2D eigenvalue weighted by Crippen LogP contribution is -2.16. The van der Waals surface area contributed by atoms with Crippen molar-refractivity contribution in [3.8, 4) is 5.69 Å². The lowest BCUT2D eigenvalue weighted by Gasteiger charge is -2.13. The number of hydrogen-bond donors (Lipinski definition) is 2. The van der Waals surface area contributed by atoms with Crippen molar-refractivity contribution in [2.75, 3.05) is 5.32 Å². The van der Waals surface area contributed by atoms with Crippen molar-refractivity contribution < 1.29 is 9.90 Å². The van der Waals surface area contributed by atoms with Gasteiger partial charge in [-0.25, -0.2) is 9.48 Å². The second-order valence-corrected chi connectivity index (χ2v) is 4.26. The van der Waals surface area contributed by atoms with E-state index >= 15 is 0 Å². The molecule has 94 valence electrons. The van der Waals surface area contributed by atoms with Gasteiger partial charge in [0.15, 0.2) is 0 Å². The monoisotopic (exact) mass is 245 g/mol. The zero-order valence-electron chi connectivity index (χ0n) is 10.3. The predicted molar refractivity (Wildman–Crippen MR) is 69.3 cm³/mol. The Kier molecular flexibility index (Phi) is 3.32. The fraction of sp³-hybridized carbons (Fsp3) is 0.231. The number of carboxylic acid groups (broad SMARTS) is 1. The van der Waals surface area contributed by atoms with E-state index in [4.69, 9.17) is 5.11 Å². The molecule has 18 heavy (non-hydrogen) atoms. The number of para-hydroxylation sites is 1. The second-order valence-electron chi connectivity index (χ2n) is 4.26. The third-order valence-corrected chi connectivity index (χ3v) is 2.43. The number of hydrogen-bond acceptors (Lipinski definition) is 3. The van der Waals surface area contributed by atoms with Crippen LogP contribution in [0.5, 0.6) is 0 Å². The molecule has 5 heteroatoms. The van der Waals surface area contributed by atoms with Crippen LogP contribution in [0.3, 0.4) is 0 Å². The molecular formula is C13H15N3O2. The van der Waals surface area contributed by atoms with Crippen LogP contribution in [0.25, 0.3) is 5.69 Å². The molecule has 0 aliphatic rings. The van der Waals surface area contributed by atoms with Crippen LogP contribution in [0, 0.1) is 0 Å². The average Bonchev–Trinajstić information content (AvgIpc) is 2.73. The number of aromatic nitrogens is 2. The number of nitrogens with zero attached hydrogens (tertiary/aromatic N) is 2. The predicted octanol–water partition coefficient (Wildman–Crippen LogP) is 2.39. The van der Waals surface area contributed by atoms with E-state index in [2.05, 4.69) is 10.4 Å². The van der Waals surface area contributed by atoms with Crippen LogP contribution in [0.1, 0.15) is 24.2 Å². The molecular weight excluding hydrogens is 230 g/mol. The van der Waals surface area contributed by atoms with E-state index in [1.807, 2.05) is 44.2 Å². The minimum absolute atomic E-state index is 0.127. The SMILES string of the molecule is CC(C)Nc1c(C(=O)O)cnn1-c1ccccc1. The molecule has 1 aromatic carbocycles. The van der Waals surface area contributed by atoms with Gasteiger partial charge in [-0.1, -0.05) is 18.2 Å². The van der Waals surface area contributed by atoms with Gasteiger partial charge in [-0.15, -0.1) is 0 Å². The number of nitrogens with one attached hydrogen (secondary N) is 1. The summed E-state index contributed by atoms with van der Waals surface area (Å²) in [4.78, 5) is 11.2. The lowest BCUT2D eigenvalue weighted by molar-refractivity contribution is 0.0698. The summed E-state index contributed by atoms with van der Waals surface area (Å²) in [6.45, 7) is 3.90. The zero-order chi connectivity index (χ0) is 13.1. The van der Waals surface area contributed by atoms with Gasteiger partial charge in [0.25, 0.3) is 0 Å². The number of anilines is 1. The van der Waals surface area contributed by atoms with E-state index in [-0.39, 0.29) is 11.6 Å². The quantitative estimate of drug-likeness (QED) is 0.868. The van der Waals surface area contributed by atoms with Crippen LogP contribution < -0.4 is 5.32 Å². The van der Waals surface area contributed by atoms with Gasteiger partial charge in [0, 0.05) is 6.04 Å². The Labute approximate surface area is 105 Å². The van der Waals surface area contributed by atoms with Crippen LogP contribution >= 0.6 is 0 Å². The van der Waals surface area contributed by atoms with Crippen molar-refractivity contribution in [3.05, 3.63) is 42.1 Å². The minimum Gasteiger partial charge on any atom is -0.477 e. The number of rotatable bonds is 4. The largest absolute Gasteiger partial charge is 0.477 e. The molecule has 0 saturated heterocycles. The molecule has 0 spiro atoms. The highest BCUT2D eigenvalue weighted by molar-refractivity contribution is 5.93. The first-order chi connectivity index (χ1) is 8.59. The topological polar surface area (TPSA) is 67.2 Å². The van der Waals surface area contributed by atoms with Crippen molar-refractivity contribution in [1.29, 1.82) is 0 Å². The molecule has 0 aliphatic carbocycles. The molecule has 1 aromatic heterocycles. The van der Waals surface area contributed by atoms with Gasteiger partial charge >= 0.3 is 5.97 Å². The summed E-state index contributed by atoms with van der Waals surface area (Å²) in [5.41, 5.74) is 1.00. The highest BCUT2D eigenvalue weighted by Crippen LogP contribution is 2.20. The third kappa shape index (κ3) is 2.34. The van der Waals surface area contributed by atoms with Crippen LogP contribution in [-0.2, 0) is 0 Å². The van der Waals surface area contributed by atoms with Crippen molar-refractivity contribution in [1.82, 2.24) is 9.78 Å². The Morgan fingerprint density at radius 1 is 1.33 bits per heavy atom. The molecule has 0 bridgehead atoms. The standard InChI is InChI=1S/C13H15N3O2/c1-9(2)15-12-11(13(17)18)8-14-16(12)10-6-4-3-5-7-10/h3-9,15H,1-2H3,(H,17,18). The van der Waals surface area contributed by atoms with Crippen LogP contribution in [0.4, 0.5) is 5.82 Å². The third-order valence-electron chi connectivity index (χ3n) is 2.43. The normalized spacial score (nSPS) is 10.6. The Bertz CT molecular complexity index is 547. The smallest absolute Gasteiger partial charge is 0.341 e. The summed E-state index contributed by atoms with van der Waals surface area (Å²) in [7, 11) is 0. The molecule has 0 saturated carbocycles. The summed E-state index contributed by atoms with van der Waals surface area (Å²) in [6.07, 6.45) is 1.36. The molecule has 0 unspecified atom stereocenters. The van der Waals surface area contributed by atoms with Gasteiger partial charge in [0.05, 0.1) is 11.9 Å². The van der Waals surface area contributed by atoms with Gasteiger partial charge in [-0.2, -0.15) is 5.10 Å². The first kappa shape index (κ1) is 12.2. The molecule has 0 amide bonds. The number of carboxylic acids is 1. The lowest BCUT2D eigenvalue weighted by atomic mass is 10.3. The van der Waals surface area contributed by atoms with E-state index in [1.165, 1.54) is 6.20 Å². The first-order valence-corrected chi connectivity index (χ1v) is 5.73. The van der Waals surface area contributed by atoms with Gasteiger partial charge in [0.2, 0.25) is 0 Å². The molecule has 2 aromatic rings. The molecule has 2 rings (SSSR count). The highest BCUT2D eigenvalue weighted by Gasteiger charge is 2.18. The van der Waals surface area contributed by atoms with Crippen molar-refractivity contribution >= 4 is 11.8 Å². The van der Waals surface area contributed by atoms with Gasteiger partial charge in [-0.3, -0.25) is 0 Å². The van der Waals surface area contributed by atoms with Gasteiger partial charge < -0.3 is 10.4 Å². The summed E-state index contributed by atoms with van der Waals surface area (Å²) >= 11 is 0. The summed E-state index contributed by atoms with van der Waals surface area (Å²) in [5, 5.41) is 16.4. The molecule has 0 radical (unpaired) electrons. The Morgan fingerprint density at radius 2 is 2.00 bits per heavy atom. The molecule has 0 fully saturated rings. The first-order valence-electron chi connectivity index (χ1n) is 5.73. The summed E-state index contributed by atoms with van der Waals surface area (Å²) in [6, 6.07) is 9.56. The zero-order valence-corrected chi connectivity index (χ0v) is 10.3. The minimum atomic E-state index is -0.986. The van der Waals surface area contributed by atoms with E-state index in [1.54, 1.807) is 4.68 Å². The van der Waals surface area contributed by atoms with Gasteiger partial charge in [0.1, 0.15) is 11.4 Å². The van der Waals surface area contributed by atoms with E-state index in [0.29, 0.717) is 5.82 Å². The van der Waals surface area contributed by atoms with Crippen LogP contribution in [0.2, 0.25) is 0 Å². The molecule has 0 atom stereocenters. The summed E-state index contributed by atoms with van der Waals surface area (Å²) < 4.78 is 1.60. The van der Waals surface area contributed by atoms with Crippen LogP contribution in [-0.4, -0.2) is 26.9 Å². The van der Waals surface area contributed by atoms with Crippen molar-refractivity contribution in [3.63, 3.8) is 0 Å². The Hall–Kier alpha value is -2.30. The maximum Gasteiger partial charge on any atom is 0.341 e. The van der Waals surface area contributed by atoms with Gasteiger partial charge in [-0.05, 0) is 26.0 Å². The number of benzene rings is 1. The fourth-order valence-electron chi connectivity index (χ4n) is 1.68. The van der Waals surface area contributed by atoms with E-state index < -0.39 is 5.97 Å². The average molecular weight is 245 g/mol.